The van der Waals surface area contributed by atoms with Crippen molar-refractivity contribution < 1.29 is 4.79 Å². The Labute approximate surface area is 111 Å². The first-order chi connectivity index (χ1) is 9.23. The largest absolute Gasteiger partial charge is 0.324 e. The normalized spacial score (nSPS) is 22.8. The monoisotopic (exact) mass is 258 g/mol. The fourth-order valence-corrected chi connectivity index (χ4v) is 2.73. The zero-order valence-corrected chi connectivity index (χ0v) is 11.0. The second-order valence-electron chi connectivity index (χ2n) is 5.09. The van der Waals surface area contributed by atoms with Gasteiger partial charge in [0.2, 0.25) is 5.91 Å². The molecule has 1 aromatic heterocycles. The van der Waals surface area contributed by atoms with Crippen molar-refractivity contribution >= 4 is 22.5 Å². The number of benzene rings is 1. The number of rotatable bonds is 3. The van der Waals surface area contributed by atoms with Crippen LogP contribution in [-0.2, 0) is 4.79 Å². The number of hydrogen-bond donors (Lipinski definition) is 3. The van der Waals surface area contributed by atoms with Crippen LogP contribution in [0.1, 0.15) is 26.2 Å². The molecule has 0 spiro atoms. The molecule has 100 valence electrons. The highest BCUT2D eigenvalue weighted by Gasteiger charge is 2.38. The molecule has 0 bridgehead atoms. The van der Waals surface area contributed by atoms with E-state index in [2.05, 4.69) is 27.8 Å². The third kappa shape index (κ3) is 2.10. The van der Waals surface area contributed by atoms with Crippen molar-refractivity contribution in [3.8, 4) is 0 Å². The number of nitrogens with one attached hydrogen (secondary N) is 3. The van der Waals surface area contributed by atoms with Crippen molar-refractivity contribution in [2.75, 3.05) is 11.9 Å². The predicted octanol–water partition coefficient (Wildman–Crippen LogP) is 2.03. The van der Waals surface area contributed by atoms with Gasteiger partial charge in [0, 0.05) is 11.1 Å². The number of aromatic amines is 1. The number of amides is 1. The molecular formula is C14H18N4O. The first-order valence-corrected chi connectivity index (χ1v) is 6.73. The van der Waals surface area contributed by atoms with Gasteiger partial charge in [-0.3, -0.25) is 9.89 Å². The van der Waals surface area contributed by atoms with E-state index < -0.39 is 5.54 Å². The minimum absolute atomic E-state index is 0.0614. The average Bonchev–Trinajstić information content (AvgIpc) is 3.07. The lowest BCUT2D eigenvalue weighted by Crippen LogP contribution is -2.50. The maximum atomic E-state index is 12.4. The fraction of sp³-hybridized carbons (Fsp3) is 0.429. The van der Waals surface area contributed by atoms with Gasteiger partial charge in [-0.2, -0.15) is 5.10 Å². The summed E-state index contributed by atoms with van der Waals surface area (Å²) in [6.45, 7) is 2.97. The Morgan fingerprint density at radius 3 is 3.16 bits per heavy atom. The van der Waals surface area contributed by atoms with Crippen molar-refractivity contribution in [1.82, 2.24) is 15.5 Å². The predicted molar refractivity (Wildman–Crippen MR) is 75.0 cm³/mol. The van der Waals surface area contributed by atoms with Gasteiger partial charge in [0.15, 0.2) is 0 Å². The zero-order chi connectivity index (χ0) is 13.3. The van der Waals surface area contributed by atoms with Crippen LogP contribution in [0.5, 0.6) is 0 Å². The van der Waals surface area contributed by atoms with Crippen LogP contribution in [-0.4, -0.2) is 28.2 Å². The topological polar surface area (TPSA) is 69.8 Å². The van der Waals surface area contributed by atoms with E-state index in [1.807, 2.05) is 18.2 Å². The fourth-order valence-electron chi connectivity index (χ4n) is 2.73. The van der Waals surface area contributed by atoms with E-state index in [4.69, 9.17) is 0 Å². The molecule has 19 heavy (non-hydrogen) atoms. The van der Waals surface area contributed by atoms with E-state index >= 15 is 0 Å². The smallest absolute Gasteiger partial charge is 0.244 e. The summed E-state index contributed by atoms with van der Waals surface area (Å²) < 4.78 is 0. The molecule has 1 amide bonds. The molecule has 0 saturated carbocycles. The Morgan fingerprint density at radius 1 is 1.53 bits per heavy atom. The number of carbonyl (C=O) groups excluding carboxylic acids is 1. The molecule has 5 nitrogen and oxygen atoms in total. The van der Waals surface area contributed by atoms with Gasteiger partial charge in [-0.25, -0.2) is 0 Å². The van der Waals surface area contributed by atoms with Gasteiger partial charge in [0.1, 0.15) is 0 Å². The number of hydrogen-bond acceptors (Lipinski definition) is 3. The zero-order valence-electron chi connectivity index (χ0n) is 11.0. The van der Waals surface area contributed by atoms with Gasteiger partial charge in [0.05, 0.1) is 17.3 Å². The third-order valence-corrected chi connectivity index (χ3v) is 3.98. The van der Waals surface area contributed by atoms with E-state index in [-0.39, 0.29) is 5.91 Å². The maximum absolute atomic E-state index is 12.4. The molecule has 2 heterocycles. The van der Waals surface area contributed by atoms with E-state index in [9.17, 15) is 4.79 Å². The van der Waals surface area contributed by atoms with E-state index in [0.29, 0.717) is 0 Å². The van der Waals surface area contributed by atoms with Crippen molar-refractivity contribution in [2.24, 2.45) is 0 Å². The third-order valence-electron chi connectivity index (χ3n) is 3.98. The summed E-state index contributed by atoms with van der Waals surface area (Å²) >= 11 is 0. The van der Waals surface area contributed by atoms with Gasteiger partial charge in [-0.15, -0.1) is 0 Å². The second kappa shape index (κ2) is 4.66. The first-order valence-electron chi connectivity index (χ1n) is 6.73. The summed E-state index contributed by atoms with van der Waals surface area (Å²) in [6, 6.07) is 5.78. The van der Waals surface area contributed by atoms with Crippen LogP contribution < -0.4 is 10.6 Å². The summed E-state index contributed by atoms with van der Waals surface area (Å²) in [5.74, 6) is 0.0614. The summed E-state index contributed by atoms with van der Waals surface area (Å²) in [4.78, 5) is 12.4. The van der Waals surface area contributed by atoms with Crippen molar-refractivity contribution in [3.05, 3.63) is 24.4 Å². The number of anilines is 1. The molecule has 0 radical (unpaired) electrons. The highest BCUT2D eigenvalue weighted by Crippen LogP contribution is 2.25. The van der Waals surface area contributed by atoms with Crippen LogP contribution in [0.2, 0.25) is 0 Å². The Hall–Kier alpha value is -1.88. The molecule has 1 aliphatic rings. The average molecular weight is 258 g/mol. The number of aromatic nitrogens is 2. The standard InChI is InChI=1S/C14H18N4O/c1-2-14(6-3-7-15-14)13(19)17-11-5-4-10-9-16-18-12(10)8-11/h4-5,8-9,15H,2-3,6-7H2,1H3,(H,16,18)(H,17,19). The van der Waals surface area contributed by atoms with Gasteiger partial charge < -0.3 is 10.6 Å². The highest BCUT2D eigenvalue weighted by molar-refractivity contribution is 5.99. The summed E-state index contributed by atoms with van der Waals surface area (Å²) in [5, 5.41) is 14.3. The lowest BCUT2D eigenvalue weighted by molar-refractivity contribution is -0.122. The first kappa shape index (κ1) is 12.2. The van der Waals surface area contributed by atoms with Crippen LogP contribution >= 0.6 is 0 Å². The molecule has 3 N–H and O–H groups in total. The number of H-pyrrole nitrogens is 1. The van der Waals surface area contributed by atoms with Crippen molar-refractivity contribution in [1.29, 1.82) is 0 Å². The summed E-state index contributed by atoms with van der Waals surface area (Å²) in [7, 11) is 0. The van der Waals surface area contributed by atoms with Crippen LogP contribution in [0.3, 0.4) is 0 Å². The SMILES string of the molecule is CCC1(C(=O)Nc2ccc3cn[nH]c3c2)CCCN1. The molecule has 1 unspecified atom stereocenters. The van der Waals surface area contributed by atoms with Crippen LogP contribution in [0.4, 0.5) is 5.69 Å². The van der Waals surface area contributed by atoms with Crippen molar-refractivity contribution in [2.45, 2.75) is 31.7 Å². The molecule has 1 aliphatic heterocycles. The Morgan fingerprint density at radius 2 is 2.42 bits per heavy atom. The molecule has 1 atom stereocenters. The minimum Gasteiger partial charge on any atom is -0.324 e. The second-order valence-corrected chi connectivity index (χ2v) is 5.09. The van der Waals surface area contributed by atoms with Gasteiger partial charge in [-0.05, 0) is 44.0 Å². The van der Waals surface area contributed by atoms with Gasteiger partial charge >= 0.3 is 0 Å². The van der Waals surface area contributed by atoms with Crippen LogP contribution in [0.25, 0.3) is 10.9 Å². The van der Waals surface area contributed by atoms with E-state index in [1.165, 1.54) is 0 Å². The minimum atomic E-state index is -0.400. The molecule has 1 aromatic carbocycles. The number of nitrogens with zero attached hydrogens (tertiary/aromatic N) is 1. The van der Waals surface area contributed by atoms with Crippen LogP contribution in [0, 0.1) is 0 Å². The van der Waals surface area contributed by atoms with E-state index in [0.717, 1.165) is 42.4 Å². The lowest BCUT2D eigenvalue weighted by Gasteiger charge is -2.26. The Kier molecular flexibility index (Phi) is 2.98. The highest BCUT2D eigenvalue weighted by atomic mass is 16.2. The van der Waals surface area contributed by atoms with Crippen LogP contribution in [0.15, 0.2) is 24.4 Å². The summed E-state index contributed by atoms with van der Waals surface area (Å²) in [5.41, 5.74) is 1.34. The quantitative estimate of drug-likeness (QED) is 0.789. The maximum Gasteiger partial charge on any atom is 0.244 e. The molecule has 0 aliphatic carbocycles. The Balaban J connectivity index is 1.81. The Bertz CT molecular complexity index is 598. The lowest BCUT2D eigenvalue weighted by atomic mass is 9.93. The molecule has 2 aromatic rings. The van der Waals surface area contributed by atoms with Gasteiger partial charge in [0.25, 0.3) is 0 Å². The summed E-state index contributed by atoms with van der Waals surface area (Å²) in [6.07, 6.45) is 4.54. The molecule has 3 rings (SSSR count). The molecule has 1 saturated heterocycles. The number of fused-ring (bicyclic) bond motifs is 1. The molecular weight excluding hydrogens is 240 g/mol. The molecule has 1 fully saturated rings. The number of carbonyl (C=O) groups is 1. The van der Waals surface area contributed by atoms with Crippen molar-refractivity contribution in [3.63, 3.8) is 0 Å². The van der Waals surface area contributed by atoms with E-state index in [1.54, 1.807) is 6.20 Å². The van der Waals surface area contributed by atoms with Gasteiger partial charge in [-0.1, -0.05) is 6.92 Å². The molecule has 5 heteroatoms.